The lowest BCUT2D eigenvalue weighted by molar-refractivity contribution is 0.102. The largest absolute Gasteiger partial charge is 0.348 e. The molecule has 6 nitrogen and oxygen atoms in total. The molecule has 0 aliphatic heterocycles. The van der Waals surface area contributed by atoms with Crippen molar-refractivity contribution in [3.63, 3.8) is 0 Å². The number of carbonyl (C=O) groups is 1. The first-order valence-electron chi connectivity index (χ1n) is 5.06. The number of hydrogen-bond acceptors (Lipinski definition) is 3. The molecule has 3 heterocycles. The molecule has 0 saturated carbocycles. The van der Waals surface area contributed by atoms with Crippen LogP contribution in [0.4, 0.5) is 5.82 Å². The lowest BCUT2D eigenvalue weighted by Gasteiger charge is -2.00. The highest BCUT2D eigenvalue weighted by atomic mass is 16.1. The van der Waals surface area contributed by atoms with Crippen LogP contribution in [0.3, 0.4) is 0 Å². The van der Waals surface area contributed by atoms with Crippen LogP contribution >= 0.6 is 0 Å². The molecule has 3 N–H and O–H groups in total. The van der Waals surface area contributed by atoms with Gasteiger partial charge in [0.25, 0.3) is 5.91 Å². The molecule has 3 aromatic heterocycles. The molecular weight excluding hydrogens is 218 g/mol. The van der Waals surface area contributed by atoms with Crippen molar-refractivity contribution in [2.75, 3.05) is 5.32 Å². The van der Waals surface area contributed by atoms with E-state index < -0.39 is 0 Å². The molecule has 17 heavy (non-hydrogen) atoms. The van der Waals surface area contributed by atoms with Crippen LogP contribution < -0.4 is 5.32 Å². The summed E-state index contributed by atoms with van der Waals surface area (Å²) >= 11 is 0. The van der Waals surface area contributed by atoms with Crippen molar-refractivity contribution in [2.45, 2.75) is 0 Å². The number of fused-ring (bicyclic) bond motifs is 1. The van der Waals surface area contributed by atoms with Crippen LogP contribution in [0, 0.1) is 0 Å². The first-order valence-corrected chi connectivity index (χ1v) is 5.06. The molecule has 6 heteroatoms. The second-order valence-electron chi connectivity index (χ2n) is 3.54. The number of aromatic nitrogens is 4. The number of amides is 1. The molecule has 0 aliphatic carbocycles. The van der Waals surface area contributed by atoms with E-state index in [9.17, 15) is 4.79 Å². The van der Waals surface area contributed by atoms with E-state index in [0.29, 0.717) is 5.82 Å². The Morgan fingerprint density at radius 2 is 2.29 bits per heavy atom. The summed E-state index contributed by atoms with van der Waals surface area (Å²) in [5.74, 6) is 0.338. The quantitative estimate of drug-likeness (QED) is 0.620. The first kappa shape index (κ1) is 9.59. The van der Waals surface area contributed by atoms with Gasteiger partial charge >= 0.3 is 0 Å². The highest BCUT2D eigenvalue weighted by Crippen LogP contribution is 2.17. The van der Waals surface area contributed by atoms with Crippen LogP contribution in [-0.2, 0) is 0 Å². The van der Waals surface area contributed by atoms with Crippen molar-refractivity contribution in [3.05, 3.63) is 42.6 Å². The predicted molar refractivity (Wildman–Crippen MR) is 62.6 cm³/mol. The highest BCUT2D eigenvalue weighted by molar-refractivity contribution is 6.03. The number of carbonyl (C=O) groups excluding carboxylic acids is 1. The van der Waals surface area contributed by atoms with E-state index in [1.165, 1.54) is 18.6 Å². The summed E-state index contributed by atoms with van der Waals surface area (Å²) in [6, 6.07) is 3.77. The average molecular weight is 227 g/mol. The van der Waals surface area contributed by atoms with E-state index >= 15 is 0 Å². The SMILES string of the molecule is O=C(Nc1cc2cc[nH]c2[nH]1)c1cnccn1. The Balaban J connectivity index is 1.84. The van der Waals surface area contributed by atoms with Crippen molar-refractivity contribution >= 4 is 22.8 Å². The maximum Gasteiger partial charge on any atom is 0.276 e. The average Bonchev–Trinajstić information content (AvgIpc) is 2.90. The van der Waals surface area contributed by atoms with Gasteiger partial charge in [0.05, 0.1) is 6.20 Å². The number of anilines is 1. The fraction of sp³-hybridized carbons (Fsp3) is 0. The number of hydrogen-bond donors (Lipinski definition) is 3. The zero-order chi connectivity index (χ0) is 11.7. The van der Waals surface area contributed by atoms with Gasteiger partial charge in [-0.15, -0.1) is 0 Å². The number of aromatic amines is 2. The molecule has 3 rings (SSSR count). The third-order valence-corrected chi connectivity index (χ3v) is 2.38. The maximum absolute atomic E-state index is 11.8. The molecule has 0 unspecified atom stereocenters. The summed E-state index contributed by atoms with van der Waals surface area (Å²) in [5, 5.41) is 3.73. The zero-order valence-corrected chi connectivity index (χ0v) is 8.77. The summed E-state index contributed by atoms with van der Waals surface area (Å²) in [6.45, 7) is 0. The number of nitrogens with zero attached hydrogens (tertiary/aromatic N) is 2. The molecule has 0 bridgehead atoms. The summed E-state index contributed by atoms with van der Waals surface area (Å²) in [7, 11) is 0. The monoisotopic (exact) mass is 227 g/mol. The van der Waals surface area contributed by atoms with Crippen LogP contribution in [0.25, 0.3) is 11.0 Å². The molecule has 0 atom stereocenters. The molecule has 84 valence electrons. The summed E-state index contributed by atoms with van der Waals surface area (Å²) in [6.07, 6.45) is 6.25. The number of nitrogens with one attached hydrogen (secondary N) is 3. The van der Waals surface area contributed by atoms with E-state index in [4.69, 9.17) is 0 Å². The summed E-state index contributed by atoms with van der Waals surface area (Å²) < 4.78 is 0. The van der Waals surface area contributed by atoms with Gasteiger partial charge in [0.15, 0.2) is 0 Å². The van der Waals surface area contributed by atoms with Crippen molar-refractivity contribution < 1.29 is 4.79 Å². The van der Waals surface area contributed by atoms with Crippen molar-refractivity contribution in [2.24, 2.45) is 0 Å². The van der Waals surface area contributed by atoms with E-state index in [-0.39, 0.29) is 11.6 Å². The molecule has 0 saturated heterocycles. The normalized spacial score (nSPS) is 10.6. The summed E-state index contributed by atoms with van der Waals surface area (Å²) in [4.78, 5) is 25.6. The van der Waals surface area contributed by atoms with Gasteiger partial charge in [0.1, 0.15) is 17.2 Å². The molecule has 0 fully saturated rings. The van der Waals surface area contributed by atoms with Gasteiger partial charge in [0, 0.05) is 24.0 Å². The minimum Gasteiger partial charge on any atom is -0.348 e. The number of rotatable bonds is 2. The Morgan fingerprint density at radius 3 is 3.06 bits per heavy atom. The Bertz CT molecular complexity index is 626. The molecule has 0 aliphatic rings. The van der Waals surface area contributed by atoms with Crippen LogP contribution in [0.1, 0.15) is 10.5 Å². The highest BCUT2D eigenvalue weighted by Gasteiger charge is 2.09. The standard InChI is InChI=1S/C11H9N5O/c17-11(8-6-12-3-4-13-8)16-9-5-7-1-2-14-10(7)15-9/h1-6,14-15H,(H,16,17). The van der Waals surface area contributed by atoms with Crippen LogP contribution in [0.15, 0.2) is 36.9 Å². The second-order valence-corrected chi connectivity index (χ2v) is 3.54. The van der Waals surface area contributed by atoms with Gasteiger partial charge in [-0.3, -0.25) is 9.78 Å². The van der Waals surface area contributed by atoms with Gasteiger partial charge in [-0.2, -0.15) is 0 Å². The van der Waals surface area contributed by atoms with Crippen LogP contribution in [-0.4, -0.2) is 25.8 Å². The second kappa shape index (κ2) is 3.75. The van der Waals surface area contributed by atoms with Gasteiger partial charge in [-0.1, -0.05) is 0 Å². The summed E-state index contributed by atoms with van der Waals surface area (Å²) in [5.41, 5.74) is 1.16. The lowest BCUT2D eigenvalue weighted by atomic mass is 10.4. The lowest BCUT2D eigenvalue weighted by Crippen LogP contribution is -2.13. The van der Waals surface area contributed by atoms with E-state index in [0.717, 1.165) is 11.0 Å². The van der Waals surface area contributed by atoms with Crippen molar-refractivity contribution in [1.82, 2.24) is 19.9 Å². The van der Waals surface area contributed by atoms with E-state index in [1.807, 2.05) is 18.3 Å². The molecule has 0 spiro atoms. The third kappa shape index (κ3) is 1.76. The van der Waals surface area contributed by atoms with Crippen molar-refractivity contribution in [1.29, 1.82) is 0 Å². The Kier molecular flexibility index (Phi) is 2.11. The fourth-order valence-electron chi connectivity index (χ4n) is 1.61. The molecule has 0 radical (unpaired) electrons. The van der Waals surface area contributed by atoms with E-state index in [2.05, 4.69) is 25.3 Å². The Hall–Kier alpha value is -2.63. The Morgan fingerprint density at radius 1 is 1.35 bits per heavy atom. The molecule has 1 amide bonds. The third-order valence-electron chi connectivity index (χ3n) is 2.38. The topological polar surface area (TPSA) is 86.5 Å². The predicted octanol–water partition coefficient (Wildman–Crippen LogP) is 1.54. The minimum absolute atomic E-state index is 0.283. The van der Waals surface area contributed by atoms with Crippen LogP contribution in [0.2, 0.25) is 0 Å². The van der Waals surface area contributed by atoms with E-state index in [1.54, 1.807) is 0 Å². The molecular formula is C11H9N5O. The van der Waals surface area contributed by atoms with Crippen molar-refractivity contribution in [3.8, 4) is 0 Å². The maximum atomic E-state index is 11.8. The Labute approximate surface area is 96.1 Å². The number of H-pyrrole nitrogens is 2. The van der Waals surface area contributed by atoms with Gasteiger partial charge < -0.3 is 15.3 Å². The smallest absolute Gasteiger partial charge is 0.276 e. The fourth-order valence-corrected chi connectivity index (χ4v) is 1.61. The van der Waals surface area contributed by atoms with Gasteiger partial charge in [-0.25, -0.2) is 4.98 Å². The first-order chi connectivity index (χ1) is 8.33. The minimum atomic E-state index is -0.290. The molecule has 3 aromatic rings. The molecule has 0 aromatic carbocycles. The van der Waals surface area contributed by atoms with Gasteiger partial charge in [0.2, 0.25) is 0 Å². The zero-order valence-electron chi connectivity index (χ0n) is 8.77. The van der Waals surface area contributed by atoms with Crippen LogP contribution in [0.5, 0.6) is 0 Å². The van der Waals surface area contributed by atoms with Gasteiger partial charge in [-0.05, 0) is 12.1 Å².